The maximum absolute atomic E-state index is 11.2. The Labute approximate surface area is 85.6 Å². The van der Waals surface area contributed by atoms with Crippen molar-refractivity contribution in [3.63, 3.8) is 0 Å². The Hall–Kier alpha value is -1.01. The molecular weight excluding hydrogens is 176 g/mol. The highest BCUT2D eigenvalue weighted by Crippen LogP contribution is 2.28. The van der Waals surface area contributed by atoms with Gasteiger partial charge in [-0.1, -0.05) is 12.8 Å². The fourth-order valence-corrected chi connectivity index (χ4v) is 1.24. The van der Waals surface area contributed by atoms with Gasteiger partial charge in [-0.15, -0.1) is 6.42 Å². The summed E-state index contributed by atoms with van der Waals surface area (Å²) in [6.07, 6.45) is 8.32. The van der Waals surface area contributed by atoms with E-state index in [1.165, 1.54) is 0 Å². The van der Waals surface area contributed by atoms with Gasteiger partial charge in [0.05, 0.1) is 6.04 Å². The Morgan fingerprint density at radius 3 is 2.79 bits per heavy atom. The van der Waals surface area contributed by atoms with Gasteiger partial charge in [-0.05, 0) is 19.3 Å². The number of nitrogens with one attached hydrogen (secondary N) is 2. The summed E-state index contributed by atoms with van der Waals surface area (Å²) in [7, 11) is 0. The van der Waals surface area contributed by atoms with Gasteiger partial charge in [-0.25, -0.2) is 0 Å². The van der Waals surface area contributed by atoms with Gasteiger partial charge in [0, 0.05) is 19.0 Å². The molecule has 3 nitrogen and oxygen atoms in total. The maximum Gasteiger partial charge on any atom is 0.223 e. The zero-order chi connectivity index (χ0) is 10.4. The second kappa shape index (κ2) is 5.66. The van der Waals surface area contributed by atoms with E-state index in [-0.39, 0.29) is 11.9 Å². The first-order valence-electron chi connectivity index (χ1n) is 5.25. The Morgan fingerprint density at radius 2 is 2.29 bits per heavy atom. The normalized spacial score (nSPS) is 17.1. The average Bonchev–Trinajstić information content (AvgIpc) is 3.01. The Bertz CT molecular complexity index is 228. The molecule has 0 saturated heterocycles. The zero-order valence-corrected chi connectivity index (χ0v) is 8.68. The minimum atomic E-state index is 0.132. The Morgan fingerprint density at radius 1 is 1.57 bits per heavy atom. The van der Waals surface area contributed by atoms with Crippen LogP contribution >= 0.6 is 0 Å². The van der Waals surface area contributed by atoms with Crippen LogP contribution in [0, 0.1) is 18.3 Å². The average molecular weight is 194 g/mol. The van der Waals surface area contributed by atoms with Crippen molar-refractivity contribution in [1.29, 1.82) is 0 Å². The molecule has 0 bridgehead atoms. The lowest BCUT2D eigenvalue weighted by atomic mass is 10.2. The number of terminal acetylenes is 1. The van der Waals surface area contributed by atoms with Crippen molar-refractivity contribution in [2.45, 2.75) is 32.2 Å². The number of rotatable bonds is 6. The van der Waals surface area contributed by atoms with E-state index in [1.807, 2.05) is 6.92 Å². The van der Waals surface area contributed by atoms with Gasteiger partial charge in [0.25, 0.3) is 0 Å². The Kier molecular flexibility index (Phi) is 4.48. The molecule has 1 aliphatic rings. The number of amides is 1. The first-order chi connectivity index (χ1) is 6.77. The molecule has 1 atom stereocenters. The van der Waals surface area contributed by atoms with E-state index < -0.39 is 0 Å². The third-order valence-electron chi connectivity index (χ3n) is 2.37. The molecule has 78 valence electrons. The second-order valence-corrected chi connectivity index (χ2v) is 3.65. The molecular formula is C11H18N2O. The summed E-state index contributed by atoms with van der Waals surface area (Å²) < 4.78 is 0. The predicted molar refractivity (Wildman–Crippen MR) is 56.6 cm³/mol. The van der Waals surface area contributed by atoms with Crippen LogP contribution in [0.5, 0.6) is 0 Å². The molecule has 0 radical (unpaired) electrons. The minimum absolute atomic E-state index is 0.132. The fourth-order valence-electron chi connectivity index (χ4n) is 1.24. The lowest BCUT2D eigenvalue weighted by molar-refractivity contribution is -0.122. The quantitative estimate of drug-likeness (QED) is 0.478. The van der Waals surface area contributed by atoms with Crippen LogP contribution in [0.1, 0.15) is 26.2 Å². The smallest absolute Gasteiger partial charge is 0.223 e. The van der Waals surface area contributed by atoms with Crippen LogP contribution in [0.25, 0.3) is 0 Å². The first-order valence-corrected chi connectivity index (χ1v) is 5.25. The van der Waals surface area contributed by atoms with Gasteiger partial charge in [-0.2, -0.15) is 0 Å². The van der Waals surface area contributed by atoms with Gasteiger partial charge in [0.15, 0.2) is 0 Å². The van der Waals surface area contributed by atoms with Crippen LogP contribution in [0.4, 0.5) is 0 Å². The van der Waals surface area contributed by atoms with Gasteiger partial charge < -0.3 is 10.6 Å². The molecule has 0 aromatic rings. The number of carbonyl (C=O) groups excluding carboxylic acids is 1. The van der Waals surface area contributed by atoms with Gasteiger partial charge in [0.2, 0.25) is 5.91 Å². The van der Waals surface area contributed by atoms with E-state index in [0.29, 0.717) is 12.5 Å². The summed E-state index contributed by atoms with van der Waals surface area (Å²) in [5, 5.41) is 6.06. The summed E-state index contributed by atoms with van der Waals surface area (Å²) in [6.45, 7) is 3.47. The lowest BCUT2D eigenvalue weighted by Crippen LogP contribution is -2.36. The monoisotopic (exact) mass is 194 g/mol. The topological polar surface area (TPSA) is 41.1 Å². The molecule has 2 N–H and O–H groups in total. The highest BCUT2D eigenvalue weighted by molar-refractivity contribution is 5.80. The fraction of sp³-hybridized carbons (Fsp3) is 0.727. The van der Waals surface area contributed by atoms with Crippen molar-refractivity contribution in [1.82, 2.24) is 10.6 Å². The summed E-state index contributed by atoms with van der Waals surface area (Å²) in [5.41, 5.74) is 0. The number of hydrogen-bond donors (Lipinski definition) is 2. The van der Waals surface area contributed by atoms with Gasteiger partial charge in [0.1, 0.15) is 0 Å². The molecule has 1 fully saturated rings. The van der Waals surface area contributed by atoms with Crippen molar-refractivity contribution in [3.8, 4) is 12.3 Å². The van der Waals surface area contributed by atoms with E-state index >= 15 is 0 Å². The highest BCUT2D eigenvalue weighted by atomic mass is 16.2. The molecule has 0 aromatic carbocycles. The van der Waals surface area contributed by atoms with Crippen LogP contribution in [0.2, 0.25) is 0 Å². The van der Waals surface area contributed by atoms with Gasteiger partial charge >= 0.3 is 0 Å². The van der Waals surface area contributed by atoms with Crippen LogP contribution in [0.15, 0.2) is 0 Å². The largest absolute Gasteiger partial charge is 0.355 e. The summed E-state index contributed by atoms with van der Waals surface area (Å²) in [5.74, 6) is 3.14. The summed E-state index contributed by atoms with van der Waals surface area (Å²) in [6, 6.07) is 0.132. The van der Waals surface area contributed by atoms with E-state index in [9.17, 15) is 4.79 Å². The van der Waals surface area contributed by atoms with Crippen molar-refractivity contribution < 1.29 is 4.79 Å². The SMILES string of the molecule is C#CC(CC)NCCNC(=O)C1CC1. The van der Waals surface area contributed by atoms with E-state index in [2.05, 4.69) is 16.6 Å². The van der Waals surface area contributed by atoms with Crippen molar-refractivity contribution in [2.24, 2.45) is 5.92 Å². The molecule has 1 aliphatic carbocycles. The third-order valence-corrected chi connectivity index (χ3v) is 2.37. The number of carbonyl (C=O) groups is 1. The zero-order valence-electron chi connectivity index (χ0n) is 8.68. The van der Waals surface area contributed by atoms with Crippen LogP contribution in [-0.2, 0) is 4.79 Å². The Balaban J connectivity index is 1.98. The molecule has 0 spiro atoms. The molecule has 14 heavy (non-hydrogen) atoms. The van der Waals surface area contributed by atoms with Crippen LogP contribution in [0.3, 0.4) is 0 Å². The molecule has 3 heteroatoms. The summed E-state index contributed by atoms with van der Waals surface area (Å²) in [4.78, 5) is 11.2. The van der Waals surface area contributed by atoms with E-state index in [4.69, 9.17) is 6.42 Å². The number of hydrogen-bond acceptors (Lipinski definition) is 2. The molecule has 0 aromatic heterocycles. The minimum Gasteiger partial charge on any atom is -0.355 e. The van der Waals surface area contributed by atoms with Crippen LogP contribution in [-0.4, -0.2) is 25.0 Å². The second-order valence-electron chi connectivity index (χ2n) is 3.65. The molecule has 1 saturated carbocycles. The van der Waals surface area contributed by atoms with Crippen LogP contribution < -0.4 is 10.6 Å². The van der Waals surface area contributed by atoms with Crippen molar-refractivity contribution in [2.75, 3.05) is 13.1 Å². The first kappa shape index (κ1) is 11.1. The molecule has 1 amide bonds. The van der Waals surface area contributed by atoms with Crippen molar-refractivity contribution >= 4 is 5.91 Å². The van der Waals surface area contributed by atoms with E-state index in [0.717, 1.165) is 25.8 Å². The molecule has 0 aliphatic heterocycles. The highest BCUT2D eigenvalue weighted by Gasteiger charge is 2.28. The predicted octanol–water partition coefficient (Wildman–Crippen LogP) is 0.514. The summed E-state index contributed by atoms with van der Waals surface area (Å²) >= 11 is 0. The standard InChI is InChI=1S/C11H18N2O/c1-3-10(4-2)12-7-8-13-11(14)9-5-6-9/h1,9-10,12H,4-8H2,2H3,(H,13,14). The third kappa shape index (κ3) is 3.80. The van der Waals surface area contributed by atoms with Gasteiger partial charge in [-0.3, -0.25) is 4.79 Å². The molecule has 1 rings (SSSR count). The van der Waals surface area contributed by atoms with Crippen molar-refractivity contribution in [3.05, 3.63) is 0 Å². The molecule has 1 unspecified atom stereocenters. The molecule has 0 heterocycles. The van der Waals surface area contributed by atoms with E-state index in [1.54, 1.807) is 0 Å². The lowest BCUT2D eigenvalue weighted by Gasteiger charge is -2.10. The maximum atomic E-state index is 11.2.